The average Bonchev–Trinajstić information content (AvgIpc) is 3.06. The van der Waals surface area contributed by atoms with Crippen molar-refractivity contribution in [2.45, 2.75) is 9.84 Å². The Hall–Kier alpha value is -1.31. The SMILES string of the molecule is O=S(=O)(c1nc2ccccc2s1)C(F)c1cccs1. The summed E-state index contributed by atoms with van der Waals surface area (Å²) < 4.78 is 39.1. The van der Waals surface area contributed by atoms with Crippen LogP contribution in [0.4, 0.5) is 4.39 Å². The molecular formula is C12H8FNO2S3. The highest BCUT2D eigenvalue weighted by Crippen LogP contribution is 2.36. The Morgan fingerprint density at radius 2 is 1.95 bits per heavy atom. The van der Waals surface area contributed by atoms with Crippen LogP contribution in [0.1, 0.15) is 10.4 Å². The van der Waals surface area contributed by atoms with Crippen molar-refractivity contribution >= 4 is 42.7 Å². The van der Waals surface area contributed by atoms with E-state index in [2.05, 4.69) is 4.98 Å². The topological polar surface area (TPSA) is 47.0 Å². The second-order valence-electron chi connectivity index (χ2n) is 3.82. The minimum Gasteiger partial charge on any atom is -0.225 e. The molecule has 1 unspecified atom stereocenters. The van der Waals surface area contributed by atoms with E-state index in [4.69, 9.17) is 0 Å². The monoisotopic (exact) mass is 313 g/mol. The molecule has 1 aromatic carbocycles. The van der Waals surface area contributed by atoms with Crippen LogP contribution < -0.4 is 0 Å². The van der Waals surface area contributed by atoms with E-state index in [1.165, 1.54) is 6.07 Å². The lowest BCUT2D eigenvalue weighted by atomic mass is 10.3. The predicted octanol–water partition coefficient (Wildman–Crippen LogP) is 3.80. The first kappa shape index (κ1) is 12.7. The lowest BCUT2D eigenvalue weighted by molar-refractivity contribution is 0.436. The van der Waals surface area contributed by atoms with Gasteiger partial charge >= 0.3 is 0 Å². The lowest BCUT2D eigenvalue weighted by Gasteiger charge is -2.04. The fourth-order valence-corrected chi connectivity index (χ4v) is 5.23. The summed E-state index contributed by atoms with van der Waals surface area (Å²) in [6.45, 7) is 0. The average molecular weight is 313 g/mol. The minimum absolute atomic E-state index is 0.172. The van der Waals surface area contributed by atoms with E-state index in [0.717, 1.165) is 27.4 Å². The number of hydrogen-bond donors (Lipinski definition) is 0. The number of para-hydroxylation sites is 1. The summed E-state index contributed by atoms with van der Waals surface area (Å²) in [5.74, 6) is 0. The molecule has 0 aliphatic carbocycles. The molecule has 3 nitrogen and oxygen atoms in total. The van der Waals surface area contributed by atoms with E-state index >= 15 is 0 Å². The zero-order valence-electron chi connectivity index (χ0n) is 9.49. The van der Waals surface area contributed by atoms with E-state index in [1.807, 2.05) is 0 Å². The van der Waals surface area contributed by atoms with Gasteiger partial charge in [0.15, 0.2) is 0 Å². The molecule has 3 aromatic rings. The molecular weight excluding hydrogens is 305 g/mol. The maximum atomic E-state index is 14.1. The molecule has 0 amide bonds. The highest BCUT2D eigenvalue weighted by atomic mass is 32.2. The quantitative estimate of drug-likeness (QED) is 0.739. The molecule has 0 aliphatic heterocycles. The third-order valence-electron chi connectivity index (χ3n) is 2.56. The van der Waals surface area contributed by atoms with Gasteiger partial charge in [-0.15, -0.1) is 22.7 Å². The summed E-state index contributed by atoms with van der Waals surface area (Å²) in [7, 11) is -4.07. The van der Waals surface area contributed by atoms with Crippen molar-refractivity contribution in [3.8, 4) is 0 Å². The van der Waals surface area contributed by atoms with Gasteiger partial charge in [-0.3, -0.25) is 0 Å². The van der Waals surface area contributed by atoms with Gasteiger partial charge in [-0.05, 0) is 23.6 Å². The van der Waals surface area contributed by atoms with Crippen molar-refractivity contribution in [3.63, 3.8) is 0 Å². The largest absolute Gasteiger partial charge is 0.242 e. The van der Waals surface area contributed by atoms with Crippen LogP contribution in [0.2, 0.25) is 0 Å². The van der Waals surface area contributed by atoms with Gasteiger partial charge in [-0.1, -0.05) is 18.2 Å². The molecule has 0 saturated carbocycles. The number of sulfone groups is 1. The van der Waals surface area contributed by atoms with Crippen molar-refractivity contribution in [3.05, 3.63) is 46.7 Å². The highest BCUT2D eigenvalue weighted by Gasteiger charge is 2.32. The lowest BCUT2D eigenvalue weighted by Crippen LogP contribution is -2.07. The second kappa shape index (κ2) is 4.66. The fourth-order valence-electron chi connectivity index (χ4n) is 1.63. The molecule has 0 fully saturated rings. The number of nitrogens with zero attached hydrogens (tertiary/aromatic N) is 1. The molecule has 0 aliphatic rings. The third kappa shape index (κ3) is 2.18. The molecule has 0 saturated heterocycles. The zero-order chi connectivity index (χ0) is 13.5. The van der Waals surface area contributed by atoms with E-state index in [9.17, 15) is 12.8 Å². The summed E-state index contributed by atoms with van der Waals surface area (Å²) in [5, 5.41) is 1.65. The molecule has 7 heteroatoms. The summed E-state index contributed by atoms with van der Waals surface area (Å²) in [4.78, 5) is 4.19. The standard InChI is InChI=1S/C12H8FNO2S3/c13-11(10-6-3-7-17-10)19(15,16)12-14-8-4-1-2-5-9(8)18-12/h1-7,11H. The summed E-state index contributed by atoms with van der Waals surface area (Å²) >= 11 is 2.08. The smallest absolute Gasteiger partial charge is 0.225 e. The maximum absolute atomic E-state index is 14.1. The fraction of sp³-hybridized carbons (Fsp3) is 0.0833. The van der Waals surface area contributed by atoms with Gasteiger partial charge in [0.25, 0.3) is 0 Å². The molecule has 0 radical (unpaired) electrons. The van der Waals surface area contributed by atoms with Crippen LogP contribution in [0, 0.1) is 0 Å². The van der Waals surface area contributed by atoms with Crippen LogP contribution in [-0.4, -0.2) is 13.4 Å². The number of thiazole rings is 1. The number of hydrogen-bond acceptors (Lipinski definition) is 5. The Kier molecular flexibility index (Phi) is 3.12. The van der Waals surface area contributed by atoms with Crippen LogP contribution in [0.5, 0.6) is 0 Å². The van der Waals surface area contributed by atoms with Crippen LogP contribution in [-0.2, 0) is 9.84 Å². The first-order valence-corrected chi connectivity index (χ1v) is 8.60. The maximum Gasteiger partial charge on any atom is 0.242 e. The molecule has 0 spiro atoms. The Labute approximate surface area is 117 Å². The van der Waals surface area contributed by atoms with E-state index < -0.39 is 15.3 Å². The van der Waals surface area contributed by atoms with Crippen LogP contribution >= 0.6 is 22.7 Å². The van der Waals surface area contributed by atoms with Crippen LogP contribution in [0.25, 0.3) is 10.2 Å². The van der Waals surface area contributed by atoms with Gasteiger partial charge in [0.05, 0.1) is 15.1 Å². The van der Waals surface area contributed by atoms with Gasteiger partial charge in [-0.2, -0.15) is 0 Å². The Balaban J connectivity index is 2.09. The van der Waals surface area contributed by atoms with E-state index in [1.54, 1.807) is 35.7 Å². The summed E-state index contributed by atoms with van der Waals surface area (Å²) in [5.41, 5.74) is -1.47. The molecule has 2 aromatic heterocycles. The highest BCUT2D eigenvalue weighted by molar-refractivity contribution is 7.93. The molecule has 1 atom stereocenters. The van der Waals surface area contributed by atoms with Crippen LogP contribution in [0.15, 0.2) is 46.1 Å². The number of aromatic nitrogens is 1. The van der Waals surface area contributed by atoms with E-state index in [0.29, 0.717) is 5.52 Å². The zero-order valence-corrected chi connectivity index (χ0v) is 11.9. The second-order valence-corrected chi connectivity index (χ2v) is 7.98. The van der Waals surface area contributed by atoms with Crippen molar-refractivity contribution in [2.75, 3.05) is 0 Å². The molecule has 0 N–H and O–H groups in total. The number of benzene rings is 1. The minimum atomic E-state index is -4.07. The summed E-state index contributed by atoms with van der Waals surface area (Å²) in [6.07, 6.45) is 0. The third-order valence-corrected chi connectivity index (χ3v) is 6.77. The molecule has 2 heterocycles. The first-order chi connectivity index (χ1) is 9.09. The number of alkyl halides is 1. The normalized spacial score (nSPS) is 13.7. The van der Waals surface area contributed by atoms with Gasteiger partial charge in [0.2, 0.25) is 19.7 Å². The Bertz CT molecular complexity index is 775. The molecule has 3 rings (SSSR count). The molecule has 0 bridgehead atoms. The first-order valence-electron chi connectivity index (χ1n) is 5.36. The Morgan fingerprint density at radius 1 is 1.16 bits per heavy atom. The molecule has 19 heavy (non-hydrogen) atoms. The number of fused-ring (bicyclic) bond motifs is 1. The summed E-state index contributed by atoms with van der Waals surface area (Å²) in [6, 6.07) is 10.1. The number of rotatable bonds is 3. The van der Waals surface area contributed by atoms with Crippen molar-refractivity contribution < 1.29 is 12.8 Å². The molecule has 98 valence electrons. The van der Waals surface area contributed by atoms with Crippen LogP contribution in [0.3, 0.4) is 0 Å². The predicted molar refractivity (Wildman–Crippen MR) is 75.0 cm³/mol. The van der Waals surface area contributed by atoms with Gasteiger partial charge in [0, 0.05) is 0 Å². The number of thiophene rings is 1. The number of halogens is 1. The van der Waals surface area contributed by atoms with Crippen molar-refractivity contribution in [1.82, 2.24) is 4.98 Å². The Morgan fingerprint density at radius 3 is 2.63 bits per heavy atom. The van der Waals surface area contributed by atoms with Gasteiger partial charge in [-0.25, -0.2) is 17.8 Å². The van der Waals surface area contributed by atoms with E-state index in [-0.39, 0.29) is 9.22 Å². The van der Waals surface area contributed by atoms with Crippen molar-refractivity contribution in [1.29, 1.82) is 0 Å². The van der Waals surface area contributed by atoms with Crippen molar-refractivity contribution in [2.24, 2.45) is 0 Å². The van der Waals surface area contributed by atoms with Gasteiger partial charge < -0.3 is 0 Å². The van der Waals surface area contributed by atoms with Gasteiger partial charge in [0.1, 0.15) is 0 Å².